The molecule has 0 spiro atoms. The quantitative estimate of drug-likeness (QED) is 0.237. The number of nitrogens with zero attached hydrogens (tertiary/aromatic N) is 2. The summed E-state index contributed by atoms with van der Waals surface area (Å²) in [6.07, 6.45) is 0.858. The number of benzene rings is 2. The number of ether oxygens (including phenoxy) is 1. The molecule has 0 fully saturated rings. The minimum atomic E-state index is -0.325. The fraction of sp³-hybridized carbons (Fsp3) is 0.304. The summed E-state index contributed by atoms with van der Waals surface area (Å²) >= 11 is 11.2. The lowest BCUT2D eigenvalue weighted by molar-refractivity contribution is -0.129. The van der Waals surface area contributed by atoms with Crippen LogP contribution in [0.4, 0.5) is 0 Å². The van der Waals surface area contributed by atoms with Crippen LogP contribution in [0, 0.1) is 18.6 Å². The van der Waals surface area contributed by atoms with Gasteiger partial charge in [0.1, 0.15) is 5.75 Å². The second-order valence-electron chi connectivity index (χ2n) is 7.58. The molecule has 0 radical (unpaired) electrons. The van der Waals surface area contributed by atoms with Gasteiger partial charge in [-0.25, -0.2) is 0 Å². The second-order valence-corrected chi connectivity index (χ2v) is 8.40. The summed E-state index contributed by atoms with van der Waals surface area (Å²) in [6.45, 7) is 4.62. The molecule has 0 bridgehead atoms. The molecule has 0 saturated heterocycles. The molecule has 174 valence electrons. The van der Waals surface area contributed by atoms with Crippen molar-refractivity contribution in [2.75, 3.05) is 6.61 Å². The summed E-state index contributed by atoms with van der Waals surface area (Å²) in [5, 5.41) is 7.68. The molecule has 0 aliphatic heterocycles. The zero-order valence-electron chi connectivity index (χ0n) is 18.5. The SMILES string of the molecule is Cc1ccc(-c2n[nH]c(=S)n2CCC(=O)NNC(=O)CCCOc2ccc(Cl)cc2C)cc1. The van der Waals surface area contributed by atoms with Gasteiger partial charge in [0.2, 0.25) is 11.8 Å². The molecule has 0 atom stereocenters. The van der Waals surface area contributed by atoms with E-state index in [-0.39, 0.29) is 24.7 Å². The van der Waals surface area contributed by atoms with Gasteiger partial charge < -0.3 is 4.74 Å². The van der Waals surface area contributed by atoms with E-state index < -0.39 is 0 Å². The van der Waals surface area contributed by atoms with Gasteiger partial charge in [0.05, 0.1) is 6.61 Å². The third-order valence-corrected chi connectivity index (χ3v) is 5.46. The Morgan fingerprint density at radius 2 is 1.79 bits per heavy atom. The van der Waals surface area contributed by atoms with Gasteiger partial charge in [-0.15, -0.1) is 0 Å². The van der Waals surface area contributed by atoms with Gasteiger partial charge in [0.25, 0.3) is 0 Å². The number of hydrogen-bond donors (Lipinski definition) is 3. The first kappa shape index (κ1) is 24.5. The molecule has 10 heteroatoms. The molecule has 3 rings (SSSR count). The number of aryl methyl sites for hydroxylation is 2. The third kappa shape index (κ3) is 7.16. The molecule has 33 heavy (non-hydrogen) atoms. The molecular weight excluding hydrogens is 462 g/mol. The number of carbonyl (C=O) groups excluding carboxylic acids is 2. The summed E-state index contributed by atoms with van der Waals surface area (Å²) in [7, 11) is 0. The fourth-order valence-corrected chi connectivity index (χ4v) is 3.57. The Bertz CT molecular complexity index is 1170. The average Bonchev–Trinajstić information content (AvgIpc) is 3.15. The number of H-pyrrole nitrogens is 1. The number of carbonyl (C=O) groups is 2. The van der Waals surface area contributed by atoms with E-state index in [4.69, 9.17) is 28.6 Å². The molecule has 8 nitrogen and oxygen atoms in total. The summed E-state index contributed by atoms with van der Waals surface area (Å²) in [5.74, 6) is 0.776. The third-order valence-electron chi connectivity index (χ3n) is 4.91. The van der Waals surface area contributed by atoms with Crippen molar-refractivity contribution in [3.63, 3.8) is 0 Å². The molecular formula is C23H26ClN5O3S. The van der Waals surface area contributed by atoms with E-state index in [1.54, 1.807) is 16.7 Å². The average molecular weight is 488 g/mol. The zero-order valence-corrected chi connectivity index (χ0v) is 20.1. The van der Waals surface area contributed by atoms with Crippen LogP contribution in [0.2, 0.25) is 5.02 Å². The van der Waals surface area contributed by atoms with Crippen molar-refractivity contribution in [2.45, 2.75) is 39.7 Å². The number of halogens is 1. The van der Waals surface area contributed by atoms with Crippen LogP contribution in [-0.4, -0.2) is 33.2 Å². The van der Waals surface area contributed by atoms with Gasteiger partial charge in [0, 0.05) is 30.0 Å². The van der Waals surface area contributed by atoms with Crippen molar-refractivity contribution in [1.29, 1.82) is 0 Å². The monoisotopic (exact) mass is 487 g/mol. The van der Waals surface area contributed by atoms with Crippen LogP contribution >= 0.6 is 23.8 Å². The highest BCUT2D eigenvalue weighted by molar-refractivity contribution is 7.71. The highest BCUT2D eigenvalue weighted by Gasteiger charge is 2.11. The molecule has 0 unspecified atom stereocenters. The first-order chi connectivity index (χ1) is 15.8. The van der Waals surface area contributed by atoms with Crippen LogP contribution < -0.4 is 15.6 Å². The fourth-order valence-electron chi connectivity index (χ4n) is 3.12. The smallest absolute Gasteiger partial charge is 0.240 e. The lowest BCUT2D eigenvalue weighted by atomic mass is 10.1. The molecule has 3 N–H and O–H groups in total. The predicted octanol–water partition coefficient (Wildman–Crippen LogP) is 4.27. The molecule has 3 aromatic rings. The maximum atomic E-state index is 12.2. The van der Waals surface area contributed by atoms with Gasteiger partial charge >= 0.3 is 0 Å². The Balaban J connectivity index is 1.39. The number of aromatic amines is 1. The molecule has 0 saturated carbocycles. The van der Waals surface area contributed by atoms with Crippen LogP contribution in [0.3, 0.4) is 0 Å². The number of rotatable bonds is 9. The lowest BCUT2D eigenvalue weighted by Gasteiger charge is -2.10. The first-order valence-corrected chi connectivity index (χ1v) is 11.3. The summed E-state index contributed by atoms with van der Waals surface area (Å²) in [6, 6.07) is 13.3. The van der Waals surface area contributed by atoms with Crippen molar-refractivity contribution in [2.24, 2.45) is 0 Å². The van der Waals surface area contributed by atoms with Crippen LogP contribution in [0.1, 0.15) is 30.4 Å². The van der Waals surface area contributed by atoms with Gasteiger partial charge in [-0.3, -0.25) is 30.1 Å². The van der Waals surface area contributed by atoms with E-state index in [0.29, 0.717) is 35.2 Å². The van der Waals surface area contributed by atoms with Crippen molar-refractivity contribution in [3.8, 4) is 17.1 Å². The number of hydrazine groups is 1. The number of amides is 2. The Hall–Kier alpha value is -3.17. The number of aromatic nitrogens is 3. The molecule has 2 aromatic carbocycles. The van der Waals surface area contributed by atoms with E-state index in [1.165, 1.54) is 0 Å². The highest BCUT2D eigenvalue weighted by atomic mass is 35.5. The Morgan fingerprint density at radius 1 is 1.09 bits per heavy atom. The van der Waals surface area contributed by atoms with E-state index in [0.717, 1.165) is 22.4 Å². The van der Waals surface area contributed by atoms with Crippen LogP contribution in [0.5, 0.6) is 5.75 Å². The maximum absolute atomic E-state index is 12.2. The molecule has 1 heterocycles. The van der Waals surface area contributed by atoms with Crippen LogP contribution in [0.15, 0.2) is 42.5 Å². The van der Waals surface area contributed by atoms with E-state index in [9.17, 15) is 9.59 Å². The van der Waals surface area contributed by atoms with E-state index in [2.05, 4.69) is 21.0 Å². The molecule has 1 aromatic heterocycles. The summed E-state index contributed by atoms with van der Waals surface area (Å²) in [4.78, 5) is 24.2. The van der Waals surface area contributed by atoms with Crippen molar-refractivity contribution < 1.29 is 14.3 Å². The lowest BCUT2D eigenvalue weighted by Crippen LogP contribution is -2.41. The second kappa shape index (κ2) is 11.6. The first-order valence-electron chi connectivity index (χ1n) is 10.5. The van der Waals surface area contributed by atoms with E-state index >= 15 is 0 Å². The van der Waals surface area contributed by atoms with Crippen molar-refractivity contribution in [1.82, 2.24) is 25.6 Å². The summed E-state index contributed by atoms with van der Waals surface area (Å²) < 4.78 is 7.86. The van der Waals surface area contributed by atoms with Crippen LogP contribution in [0.25, 0.3) is 11.4 Å². The highest BCUT2D eigenvalue weighted by Crippen LogP contribution is 2.22. The van der Waals surface area contributed by atoms with Gasteiger partial charge in [0.15, 0.2) is 10.6 Å². The number of nitrogens with one attached hydrogen (secondary N) is 3. The van der Waals surface area contributed by atoms with Crippen molar-refractivity contribution >= 4 is 35.6 Å². The topological polar surface area (TPSA) is 101 Å². The Kier molecular flexibility index (Phi) is 8.62. The standard InChI is InChI=1S/C23H26ClN5O3S/c1-15-5-7-17(8-6-15)22-27-28-23(33)29(22)12-11-21(31)26-25-20(30)4-3-13-32-19-10-9-18(24)14-16(19)2/h5-10,14H,3-4,11-13H2,1-2H3,(H,25,30)(H,26,31)(H,28,33). The van der Waals surface area contributed by atoms with Gasteiger partial charge in [-0.1, -0.05) is 41.4 Å². The van der Waals surface area contributed by atoms with E-state index in [1.807, 2.05) is 44.2 Å². The normalized spacial score (nSPS) is 10.6. The predicted molar refractivity (Wildman–Crippen MR) is 129 cm³/mol. The summed E-state index contributed by atoms with van der Waals surface area (Å²) in [5.41, 5.74) is 7.83. The maximum Gasteiger partial charge on any atom is 0.240 e. The largest absolute Gasteiger partial charge is 0.493 e. The van der Waals surface area contributed by atoms with Gasteiger partial charge in [-0.05, 0) is 56.2 Å². The molecule has 2 amide bonds. The number of hydrogen-bond acceptors (Lipinski definition) is 5. The molecule has 0 aliphatic carbocycles. The van der Waals surface area contributed by atoms with Gasteiger partial charge in [-0.2, -0.15) is 5.10 Å². The Morgan fingerprint density at radius 3 is 2.48 bits per heavy atom. The minimum absolute atomic E-state index is 0.131. The zero-order chi connectivity index (χ0) is 23.8. The molecule has 0 aliphatic rings. The van der Waals surface area contributed by atoms with Crippen LogP contribution in [-0.2, 0) is 16.1 Å². The minimum Gasteiger partial charge on any atom is -0.493 e. The Labute approximate surface area is 202 Å². The van der Waals surface area contributed by atoms with Crippen molar-refractivity contribution in [3.05, 3.63) is 63.4 Å².